The molecule has 0 bridgehead atoms. The maximum absolute atomic E-state index is 5.06. The molecule has 3 aromatic carbocycles. The van der Waals surface area contributed by atoms with Crippen LogP contribution in [0.25, 0.3) is 33.6 Å². The molecular weight excluding hydrogens is 366 g/mol. The third kappa shape index (κ3) is 4.20. The van der Waals surface area contributed by atoms with Crippen molar-refractivity contribution in [1.29, 1.82) is 0 Å². The zero-order valence-corrected chi connectivity index (χ0v) is 18.0. The van der Waals surface area contributed by atoms with E-state index in [9.17, 15) is 0 Å². The predicted molar refractivity (Wildman–Crippen MR) is 129 cm³/mol. The Hall–Kier alpha value is -3.59. The summed E-state index contributed by atoms with van der Waals surface area (Å²) in [7, 11) is 8.24. The van der Waals surface area contributed by atoms with Gasteiger partial charge in [0.05, 0.1) is 11.4 Å². The van der Waals surface area contributed by atoms with Gasteiger partial charge in [-0.2, -0.15) is 0 Å². The van der Waals surface area contributed by atoms with Crippen molar-refractivity contribution in [2.45, 2.75) is 0 Å². The van der Waals surface area contributed by atoms with Crippen LogP contribution in [0.2, 0.25) is 0 Å². The van der Waals surface area contributed by atoms with Crippen LogP contribution in [0.4, 0.5) is 11.4 Å². The maximum atomic E-state index is 5.06. The molecule has 0 atom stereocenters. The minimum absolute atomic E-state index is 0.977. The van der Waals surface area contributed by atoms with Crippen molar-refractivity contribution < 1.29 is 0 Å². The van der Waals surface area contributed by atoms with Gasteiger partial charge in [-0.15, -0.1) is 0 Å². The Morgan fingerprint density at radius 2 is 0.933 bits per heavy atom. The number of hydrogen-bond donors (Lipinski definition) is 0. The quantitative estimate of drug-likeness (QED) is 0.401. The van der Waals surface area contributed by atoms with E-state index in [2.05, 4.69) is 123 Å². The van der Waals surface area contributed by atoms with Crippen molar-refractivity contribution in [3.8, 4) is 33.6 Å². The molecule has 150 valence electrons. The lowest BCUT2D eigenvalue weighted by Crippen LogP contribution is -2.08. The van der Waals surface area contributed by atoms with E-state index in [4.69, 9.17) is 4.98 Å². The number of hydrogen-bond acceptors (Lipinski definition) is 3. The fourth-order valence-electron chi connectivity index (χ4n) is 3.51. The van der Waals surface area contributed by atoms with Gasteiger partial charge >= 0.3 is 0 Å². The molecule has 4 aromatic rings. The Morgan fingerprint density at radius 3 is 1.40 bits per heavy atom. The molecule has 30 heavy (non-hydrogen) atoms. The van der Waals surface area contributed by atoms with Crippen molar-refractivity contribution in [2.75, 3.05) is 38.0 Å². The van der Waals surface area contributed by atoms with E-state index >= 15 is 0 Å². The molecule has 0 fully saturated rings. The van der Waals surface area contributed by atoms with E-state index in [0.717, 1.165) is 33.9 Å². The van der Waals surface area contributed by atoms with Crippen molar-refractivity contribution in [2.24, 2.45) is 0 Å². The Balaban J connectivity index is 1.90. The lowest BCUT2D eigenvalue weighted by atomic mass is 9.99. The first kappa shape index (κ1) is 19.7. The largest absolute Gasteiger partial charge is 0.378 e. The van der Waals surface area contributed by atoms with E-state index < -0.39 is 0 Å². The average molecular weight is 394 g/mol. The molecule has 1 aromatic heterocycles. The van der Waals surface area contributed by atoms with Crippen LogP contribution < -0.4 is 9.80 Å². The molecule has 0 spiro atoms. The molecule has 0 N–H and O–H groups in total. The van der Waals surface area contributed by atoms with E-state index in [0.29, 0.717) is 0 Å². The Kier molecular flexibility index (Phi) is 5.53. The normalized spacial score (nSPS) is 10.7. The lowest BCUT2D eigenvalue weighted by molar-refractivity contribution is 1.13. The smallest absolute Gasteiger partial charge is 0.0716 e. The van der Waals surface area contributed by atoms with Crippen molar-refractivity contribution in [1.82, 2.24) is 4.98 Å². The summed E-state index contributed by atoms with van der Waals surface area (Å²) >= 11 is 0. The first-order valence-electron chi connectivity index (χ1n) is 10.1. The SMILES string of the molecule is CN(C)c1cccc(-c2cc(-c3ccccc3)cc(-c3cccc(N(C)C)c3)n2)c1. The van der Waals surface area contributed by atoms with E-state index in [1.54, 1.807) is 0 Å². The van der Waals surface area contributed by atoms with Gasteiger partial charge < -0.3 is 9.80 Å². The van der Waals surface area contributed by atoms with Crippen molar-refractivity contribution in [3.05, 3.63) is 91.0 Å². The molecule has 1 heterocycles. The summed E-state index contributed by atoms with van der Waals surface area (Å²) in [6, 6.07) is 31.9. The second-order valence-corrected chi connectivity index (χ2v) is 7.88. The van der Waals surface area contributed by atoms with Crippen LogP contribution >= 0.6 is 0 Å². The highest BCUT2D eigenvalue weighted by Crippen LogP contribution is 2.32. The van der Waals surface area contributed by atoms with Gasteiger partial charge in [-0.25, -0.2) is 4.98 Å². The minimum atomic E-state index is 0.977. The van der Waals surface area contributed by atoms with Crippen LogP contribution in [0, 0.1) is 0 Å². The molecule has 0 amide bonds. The summed E-state index contributed by atoms with van der Waals surface area (Å²) in [4.78, 5) is 9.30. The van der Waals surface area contributed by atoms with Gasteiger partial charge in [0, 0.05) is 50.7 Å². The second kappa shape index (κ2) is 8.42. The number of nitrogens with zero attached hydrogens (tertiary/aromatic N) is 3. The van der Waals surface area contributed by atoms with Crippen molar-refractivity contribution in [3.63, 3.8) is 0 Å². The van der Waals surface area contributed by atoms with Crippen LogP contribution in [0.1, 0.15) is 0 Å². The summed E-state index contributed by atoms with van der Waals surface area (Å²) in [6.45, 7) is 0. The molecule has 0 aliphatic rings. The number of anilines is 2. The first-order valence-corrected chi connectivity index (χ1v) is 10.1. The van der Waals surface area contributed by atoms with E-state index in [1.165, 1.54) is 11.1 Å². The van der Waals surface area contributed by atoms with Gasteiger partial charge in [-0.1, -0.05) is 54.6 Å². The summed E-state index contributed by atoms with van der Waals surface area (Å²) in [5, 5.41) is 0. The fraction of sp³-hybridized carbons (Fsp3) is 0.148. The van der Waals surface area contributed by atoms with Crippen molar-refractivity contribution >= 4 is 11.4 Å². The molecule has 0 aliphatic heterocycles. The lowest BCUT2D eigenvalue weighted by Gasteiger charge is -2.16. The predicted octanol–water partition coefficient (Wildman–Crippen LogP) is 6.21. The van der Waals surface area contributed by atoms with Gasteiger partial charge in [-0.05, 0) is 47.5 Å². The molecule has 4 rings (SSSR count). The molecular formula is C27H27N3. The van der Waals surface area contributed by atoms with Gasteiger partial charge in [-0.3, -0.25) is 0 Å². The van der Waals surface area contributed by atoms with Gasteiger partial charge in [0.15, 0.2) is 0 Å². The van der Waals surface area contributed by atoms with Gasteiger partial charge in [0.25, 0.3) is 0 Å². The zero-order chi connectivity index (χ0) is 21.1. The Morgan fingerprint density at radius 1 is 0.467 bits per heavy atom. The average Bonchev–Trinajstić information content (AvgIpc) is 2.79. The number of benzene rings is 3. The number of aromatic nitrogens is 1. The van der Waals surface area contributed by atoms with Crippen LogP contribution in [0.15, 0.2) is 91.0 Å². The van der Waals surface area contributed by atoms with E-state index in [-0.39, 0.29) is 0 Å². The summed E-state index contributed by atoms with van der Waals surface area (Å²) < 4.78 is 0. The van der Waals surface area contributed by atoms with Gasteiger partial charge in [0.1, 0.15) is 0 Å². The van der Waals surface area contributed by atoms with Crippen LogP contribution in [0.5, 0.6) is 0 Å². The highest BCUT2D eigenvalue weighted by atomic mass is 15.1. The Labute approximate surface area is 179 Å². The molecule has 0 saturated carbocycles. The molecule has 3 nitrogen and oxygen atoms in total. The molecule has 0 unspecified atom stereocenters. The standard InChI is InChI=1S/C27H27N3/c1-29(2)24-14-8-12-21(16-24)26-18-23(20-10-6-5-7-11-20)19-27(28-26)22-13-9-15-25(17-22)30(3)4/h5-19H,1-4H3. The number of pyridine rings is 1. The number of rotatable bonds is 5. The monoisotopic (exact) mass is 393 g/mol. The summed E-state index contributed by atoms with van der Waals surface area (Å²) in [6.07, 6.45) is 0. The van der Waals surface area contributed by atoms with Gasteiger partial charge in [0.2, 0.25) is 0 Å². The summed E-state index contributed by atoms with van der Waals surface area (Å²) in [5.74, 6) is 0. The topological polar surface area (TPSA) is 19.4 Å². The van der Waals surface area contributed by atoms with Crippen LogP contribution in [-0.4, -0.2) is 33.2 Å². The molecule has 3 heteroatoms. The highest BCUT2D eigenvalue weighted by molar-refractivity contribution is 5.78. The third-order valence-electron chi connectivity index (χ3n) is 5.25. The fourth-order valence-corrected chi connectivity index (χ4v) is 3.51. The minimum Gasteiger partial charge on any atom is -0.378 e. The summed E-state index contributed by atoms with van der Waals surface area (Å²) in [5.41, 5.74) is 8.87. The second-order valence-electron chi connectivity index (χ2n) is 7.88. The Bertz CT molecular complexity index is 1080. The first-order chi connectivity index (χ1) is 14.5. The maximum Gasteiger partial charge on any atom is 0.0716 e. The molecule has 0 radical (unpaired) electrons. The molecule has 0 saturated heterocycles. The van der Waals surface area contributed by atoms with Crippen LogP contribution in [0.3, 0.4) is 0 Å². The highest BCUT2D eigenvalue weighted by Gasteiger charge is 2.10. The molecule has 0 aliphatic carbocycles. The van der Waals surface area contributed by atoms with Crippen LogP contribution in [-0.2, 0) is 0 Å². The third-order valence-corrected chi connectivity index (χ3v) is 5.25. The van der Waals surface area contributed by atoms with E-state index in [1.807, 2.05) is 6.07 Å². The zero-order valence-electron chi connectivity index (χ0n) is 18.0.